The molecule has 0 bridgehead atoms. The summed E-state index contributed by atoms with van der Waals surface area (Å²) in [5, 5.41) is 8.89. The van der Waals surface area contributed by atoms with Crippen molar-refractivity contribution in [2.45, 2.75) is 6.92 Å². The van der Waals surface area contributed by atoms with E-state index < -0.39 is 0 Å². The number of hydrogen-bond acceptors (Lipinski definition) is 4. The third-order valence-corrected chi connectivity index (χ3v) is 4.34. The predicted molar refractivity (Wildman–Crippen MR) is 108 cm³/mol. The summed E-state index contributed by atoms with van der Waals surface area (Å²) in [5.41, 5.74) is 3.18. The second-order valence-electron chi connectivity index (χ2n) is 6.19. The van der Waals surface area contributed by atoms with Crippen LogP contribution in [0.1, 0.15) is 17.3 Å². The van der Waals surface area contributed by atoms with E-state index in [0.717, 1.165) is 16.8 Å². The summed E-state index contributed by atoms with van der Waals surface area (Å²) in [7, 11) is 0. The van der Waals surface area contributed by atoms with Gasteiger partial charge in [0.25, 0.3) is 0 Å². The monoisotopic (exact) mass is 369 g/mol. The highest BCUT2D eigenvalue weighted by Gasteiger charge is 2.18. The van der Waals surface area contributed by atoms with E-state index in [-0.39, 0.29) is 5.97 Å². The number of rotatable bonds is 5. The van der Waals surface area contributed by atoms with Crippen LogP contribution in [-0.4, -0.2) is 27.3 Å². The Hall–Kier alpha value is -3.73. The molecule has 0 saturated carbocycles. The van der Waals surface area contributed by atoms with Crippen LogP contribution < -0.4 is 0 Å². The van der Waals surface area contributed by atoms with Crippen molar-refractivity contribution in [1.82, 2.24) is 14.8 Å². The van der Waals surface area contributed by atoms with Gasteiger partial charge < -0.3 is 4.74 Å². The summed E-state index contributed by atoms with van der Waals surface area (Å²) < 4.78 is 7.12. The van der Waals surface area contributed by atoms with Gasteiger partial charge in [0, 0.05) is 11.1 Å². The fourth-order valence-corrected chi connectivity index (χ4v) is 3.06. The van der Waals surface area contributed by atoms with Crippen molar-refractivity contribution in [2.75, 3.05) is 6.61 Å². The van der Waals surface area contributed by atoms with Gasteiger partial charge in [-0.05, 0) is 25.1 Å². The molecule has 0 fully saturated rings. The minimum absolute atomic E-state index is 0.334. The Morgan fingerprint density at radius 1 is 0.821 bits per heavy atom. The third kappa shape index (κ3) is 3.42. The van der Waals surface area contributed by atoms with Gasteiger partial charge in [-0.1, -0.05) is 66.7 Å². The molecule has 1 heterocycles. The highest BCUT2D eigenvalue weighted by Crippen LogP contribution is 2.28. The maximum absolute atomic E-state index is 12.2. The number of hydrogen-bond donors (Lipinski definition) is 0. The number of benzene rings is 3. The molecule has 0 saturated heterocycles. The summed E-state index contributed by atoms with van der Waals surface area (Å²) >= 11 is 0. The summed E-state index contributed by atoms with van der Waals surface area (Å²) in [6, 6.07) is 27.1. The van der Waals surface area contributed by atoms with Crippen molar-refractivity contribution in [3.05, 3.63) is 90.5 Å². The number of aromatic nitrogens is 3. The van der Waals surface area contributed by atoms with Crippen molar-refractivity contribution in [3.8, 4) is 28.5 Å². The number of carbonyl (C=O) groups is 1. The van der Waals surface area contributed by atoms with Gasteiger partial charge in [-0.25, -0.2) is 4.79 Å². The van der Waals surface area contributed by atoms with Crippen molar-refractivity contribution >= 4 is 5.97 Å². The van der Waals surface area contributed by atoms with Gasteiger partial charge >= 0.3 is 5.97 Å². The lowest BCUT2D eigenvalue weighted by Crippen LogP contribution is -2.06. The zero-order valence-electron chi connectivity index (χ0n) is 15.4. The molecule has 138 valence electrons. The Balaban J connectivity index is 1.91. The first-order valence-corrected chi connectivity index (χ1v) is 9.11. The molecule has 0 aliphatic carbocycles. The first-order valence-electron chi connectivity index (χ1n) is 9.11. The Kier molecular flexibility index (Phi) is 4.97. The Morgan fingerprint density at radius 3 is 1.93 bits per heavy atom. The number of esters is 1. The quantitative estimate of drug-likeness (QED) is 0.475. The average Bonchev–Trinajstić information content (AvgIpc) is 3.20. The van der Waals surface area contributed by atoms with Crippen molar-refractivity contribution in [3.63, 3.8) is 0 Å². The molecule has 1 aromatic heterocycles. The zero-order valence-corrected chi connectivity index (χ0v) is 15.4. The van der Waals surface area contributed by atoms with Crippen LogP contribution in [0.3, 0.4) is 0 Å². The molecule has 4 rings (SSSR count). The molecule has 0 N–H and O–H groups in total. The minimum Gasteiger partial charge on any atom is -0.462 e. The molecule has 28 heavy (non-hydrogen) atoms. The van der Waals surface area contributed by atoms with Gasteiger partial charge in [0.1, 0.15) is 0 Å². The summed E-state index contributed by atoms with van der Waals surface area (Å²) in [4.78, 5) is 12.2. The Labute approximate surface area is 163 Å². The van der Waals surface area contributed by atoms with Crippen molar-refractivity contribution in [1.29, 1.82) is 0 Å². The maximum Gasteiger partial charge on any atom is 0.338 e. The molecular weight excluding hydrogens is 350 g/mol. The lowest BCUT2D eigenvalue weighted by molar-refractivity contribution is 0.0526. The first kappa shape index (κ1) is 17.7. The van der Waals surface area contributed by atoms with Crippen LogP contribution in [0.5, 0.6) is 0 Å². The molecule has 4 aromatic rings. The van der Waals surface area contributed by atoms with Gasteiger partial charge in [0.15, 0.2) is 11.6 Å². The third-order valence-electron chi connectivity index (χ3n) is 4.34. The predicted octanol–water partition coefficient (Wildman–Crippen LogP) is 4.78. The van der Waals surface area contributed by atoms with Gasteiger partial charge in [0.05, 0.1) is 17.9 Å². The Bertz CT molecular complexity index is 1030. The second-order valence-corrected chi connectivity index (χ2v) is 6.19. The Morgan fingerprint density at radius 2 is 1.39 bits per heavy atom. The highest BCUT2D eigenvalue weighted by atomic mass is 16.5. The lowest BCUT2D eigenvalue weighted by atomic mass is 10.1. The van der Waals surface area contributed by atoms with Crippen molar-refractivity contribution < 1.29 is 9.53 Å². The van der Waals surface area contributed by atoms with Crippen LogP contribution in [0.25, 0.3) is 28.5 Å². The van der Waals surface area contributed by atoms with E-state index in [1.807, 2.05) is 77.4 Å². The molecule has 0 aliphatic heterocycles. The van der Waals surface area contributed by atoms with E-state index in [1.165, 1.54) is 0 Å². The fourth-order valence-electron chi connectivity index (χ4n) is 3.06. The summed E-state index contributed by atoms with van der Waals surface area (Å²) in [5.74, 6) is 1.07. The molecule has 5 nitrogen and oxygen atoms in total. The van der Waals surface area contributed by atoms with Crippen LogP contribution in [0.15, 0.2) is 84.9 Å². The maximum atomic E-state index is 12.2. The van der Waals surface area contributed by atoms with Crippen LogP contribution in [0, 0.1) is 0 Å². The molecule has 0 spiro atoms. The lowest BCUT2D eigenvalue weighted by Gasteiger charge is -2.12. The molecule has 0 unspecified atom stereocenters. The van der Waals surface area contributed by atoms with E-state index in [2.05, 4.69) is 10.2 Å². The van der Waals surface area contributed by atoms with E-state index >= 15 is 0 Å². The van der Waals surface area contributed by atoms with Crippen LogP contribution in [-0.2, 0) is 4.74 Å². The average molecular weight is 369 g/mol. The minimum atomic E-state index is -0.347. The molecule has 5 heteroatoms. The SMILES string of the molecule is CCOC(=O)c1cccc(-n2c(-c3ccccc3)nnc2-c2ccccc2)c1. The largest absolute Gasteiger partial charge is 0.462 e. The molecule has 0 radical (unpaired) electrons. The van der Waals surface area contributed by atoms with E-state index in [0.29, 0.717) is 23.8 Å². The van der Waals surface area contributed by atoms with Gasteiger partial charge in [-0.3, -0.25) is 4.57 Å². The normalized spacial score (nSPS) is 10.6. The number of ether oxygens (including phenoxy) is 1. The van der Waals surface area contributed by atoms with Crippen LogP contribution in [0.4, 0.5) is 0 Å². The van der Waals surface area contributed by atoms with Gasteiger partial charge in [-0.2, -0.15) is 0 Å². The summed E-state index contributed by atoms with van der Waals surface area (Å²) in [6.07, 6.45) is 0. The van der Waals surface area contributed by atoms with Gasteiger partial charge in [-0.15, -0.1) is 10.2 Å². The van der Waals surface area contributed by atoms with E-state index in [9.17, 15) is 4.79 Å². The number of carbonyl (C=O) groups excluding carboxylic acids is 1. The molecule has 0 atom stereocenters. The van der Waals surface area contributed by atoms with E-state index in [4.69, 9.17) is 4.74 Å². The van der Waals surface area contributed by atoms with E-state index in [1.54, 1.807) is 19.1 Å². The second kappa shape index (κ2) is 7.88. The standard InChI is InChI=1S/C23H19N3O2/c1-2-28-23(27)19-14-9-15-20(16-19)26-21(17-10-5-3-6-11-17)24-25-22(26)18-12-7-4-8-13-18/h3-16H,2H2,1H3. The molecular formula is C23H19N3O2. The van der Waals surface area contributed by atoms with Crippen LogP contribution in [0.2, 0.25) is 0 Å². The molecule has 0 aliphatic rings. The summed E-state index contributed by atoms with van der Waals surface area (Å²) in [6.45, 7) is 2.13. The molecule has 3 aromatic carbocycles. The van der Waals surface area contributed by atoms with Crippen LogP contribution >= 0.6 is 0 Å². The zero-order chi connectivity index (χ0) is 19.3. The number of nitrogens with zero attached hydrogens (tertiary/aromatic N) is 3. The smallest absolute Gasteiger partial charge is 0.338 e. The topological polar surface area (TPSA) is 57.0 Å². The van der Waals surface area contributed by atoms with Crippen molar-refractivity contribution in [2.24, 2.45) is 0 Å². The molecule has 0 amide bonds. The first-order chi connectivity index (χ1) is 13.8. The fraction of sp³-hybridized carbons (Fsp3) is 0.0870. The highest BCUT2D eigenvalue weighted by molar-refractivity contribution is 5.90. The van der Waals surface area contributed by atoms with Gasteiger partial charge in [0.2, 0.25) is 0 Å².